The van der Waals surface area contributed by atoms with Crippen molar-refractivity contribution in [2.75, 3.05) is 17.2 Å². The minimum atomic E-state index is -0.579. The molecular formula is C17H15BrN2O4. The van der Waals surface area contributed by atoms with Gasteiger partial charge in [0.2, 0.25) is 5.91 Å². The zero-order valence-corrected chi connectivity index (χ0v) is 14.4. The highest BCUT2D eigenvalue weighted by Crippen LogP contribution is 2.15. The van der Waals surface area contributed by atoms with Crippen LogP contribution in [0.3, 0.4) is 0 Å². The van der Waals surface area contributed by atoms with Crippen molar-refractivity contribution in [2.45, 2.75) is 6.92 Å². The van der Waals surface area contributed by atoms with Crippen molar-refractivity contribution in [3.05, 3.63) is 58.6 Å². The molecule has 0 aliphatic heterocycles. The normalized spacial score (nSPS) is 9.92. The highest BCUT2D eigenvalue weighted by atomic mass is 79.9. The average molecular weight is 391 g/mol. The lowest BCUT2D eigenvalue weighted by Gasteiger charge is -2.08. The van der Waals surface area contributed by atoms with E-state index >= 15 is 0 Å². The minimum Gasteiger partial charge on any atom is -0.452 e. The van der Waals surface area contributed by atoms with E-state index in [1.165, 1.54) is 6.92 Å². The molecular weight excluding hydrogens is 376 g/mol. The Morgan fingerprint density at radius 1 is 1.00 bits per heavy atom. The Balaban J connectivity index is 1.88. The van der Waals surface area contributed by atoms with Gasteiger partial charge in [-0.3, -0.25) is 9.59 Å². The molecule has 6 nitrogen and oxygen atoms in total. The van der Waals surface area contributed by atoms with Gasteiger partial charge < -0.3 is 15.4 Å². The molecule has 0 bridgehead atoms. The van der Waals surface area contributed by atoms with Crippen LogP contribution in [0.2, 0.25) is 0 Å². The van der Waals surface area contributed by atoms with Crippen LogP contribution < -0.4 is 10.6 Å². The molecule has 0 spiro atoms. The van der Waals surface area contributed by atoms with Gasteiger partial charge in [0.15, 0.2) is 6.61 Å². The van der Waals surface area contributed by atoms with Gasteiger partial charge in [0, 0.05) is 22.8 Å². The summed E-state index contributed by atoms with van der Waals surface area (Å²) in [5.41, 5.74) is 1.41. The lowest BCUT2D eigenvalue weighted by molar-refractivity contribution is -0.119. The first-order chi connectivity index (χ1) is 11.4. The maximum atomic E-state index is 11.9. The number of nitrogens with one attached hydrogen (secondary N) is 2. The largest absolute Gasteiger partial charge is 0.452 e. The van der Waals surface area contributed by atoms with Gasteiger partial charge >= 0.3 is 5.97 Å². The predicted octanol–water partition coefficient (Wildman–Crippen LogP) is 3.20. The second kappa shape index (κ2) is 8.26. The molecule has 2 rings (SSSR count). The Labute approximate surface area is 147 Å². The molecule has 2 N–H and O–H groups in total. The van der Waals surface area contributed by atoms with Crippen molar-refractivity contribution in [1.29, 1.82) is 0 Å². The van der Waals surface area contributed by atoms with E-state index in [4.69, 9.17) is 4.74 Å². The lowest BCUT2D eigenvalue weighted by Crippen LogP contribution is -2.21. The fourth-order valence-electron chi connectivity index (χ4n) is 1.88. The maximum absolute atomic E-state index is 11.9. The summed E-state index contributed by atoms with van der Waals surface area (Å²) < 4.78 is 5.80. The van der Waals surface area contributed by atoms with Crippen LogP contribution in [0.4, 0.5) is 11.4 Å². The van der Waals surface area contributed by atoms with Crippen LogP contribution in [0.25, 0.3) is 0 Å². The highest BCUT2D eigenvalue weighted by Gasteiger charge is 2.10. The quantitative estimate of drug-likeness (QED) is 0.767. The summed E-state index contributed by atoms with van der Waals surface area (Å²) in [4.78, 5) is 34.7. The van der Waals surface area contributed by atoms with Gasteiger partial charge in [0.1, 0.15) is 0 Å². The highest BCUT2D eigenvalue weighted by molar-refractivity contribution is 9.10. The molecule has 0 fully saturated rings. The molecule has 2 aromatic carbocycles. The summed E-state index contributed by atoms with van der Waals surface area (Å²) in [6, 6.07) is 13.3. The van der Waals surface area contributed by atoms with Gasteiger partial charge in [-0.1, -0.05) is 22.0 Å². The summed E-state index contributed by atoms with van der Waals surface area (Å²) in [6.45, 7) is 0.992. The van der Waals surface area contributed by atoms with Crippen molar-refractivity contribution < 1.29 is 19.1 Å². The van der Waals surface area contributed by atoms with Crippen LogP contribution in [-0.4, -0.2) is 24.4 Å². The Morgan fingerprint density at radius 3 is 2.25 bits per heavy atom. The molecule has 2 amide bonds. The molecule has 0 aliphatic carbocycles. The zero-order valence-electron chi connectivity index (χ0n) is 12.8. The third-order valence-electron chi connectivity index (χ3n) is 2.88. The number of halogens is 1. The summed E-state index contributed by atoms with van der Waals surface area (Å²) >= 11 is 3.27. The first-order valence-electron chi connectivity index (χ1n) is 7.04. The predicted molar refractivity (Wildman–Crippen MR) is 93.8 cm³/mol. The second-order valence-electron chi connectivity index (χ2n) is 4.89. The van der Waals surface area contributed by atoms with Crippen LogP contribution in [0, 0.1) is 0 Å². The molecule has 124 valence electrons. The summed E-state index contributed by atoms with van der Waals surface area (Å²) in [6.07, 6.45) is 0. The Bertz CT molecular complexity index is 759. The smallest absolute Gasteiger partial charge is 0.338 e. The van der Waals surface area contributed by atoms with Crippen LogP contribution >= 0.6 is 15.9 Å². The number of hydrogen-bond donors (Lipinski definition) is 2. The molecule has 0 radical (unpaired) electrons. The zero-order chi connectivity index (χ0) is 17.5. The fraction of sp³-hybridized carbons (Fsp3) is 0.118. The van der Waals surface area contributed by atoms with Crippen molar-refractivity contribution >= 4 is 45.1 Å². The van der Waals surface area contributed by atoms with E-state index in [2.05, 4.69) is 26.6 Å². The number of benzene rings is 2. The van der Waals surface area contributed by atoms with Gasteiger partial charge in [0.25, 0.3) is 5.91 Å². The molecule has 0 atom stereocenters. The van der Waals surface area contributed by atoms with Gasteiger partial charge in [-0.25, -0.2) is 4.79 Å². The number of amides is 2. The van der Waals surface area contributed by atoms with E-state index in [-0.39, 0.29) is 5.91 Å². The number of carbonyl (C=O) groups is 3. The number of ether oxygens (including phenoxy) is 1. The number of carbonyl (C=O) groups excluding carboxylic acids is 3. The Morgan fingerprint density at radius 2 is 1.62 bits per heavy atom. The molecule has 0 saturated heterocycles. The van der Waals surface area contributed by atoms with E-state index < -0.39 is 18.5 Å². The van der Waals surface area contributed by atoms with E-state index in [1.54, 1.807) is 48.5 Å². The summed E-state index contributed by atoms with van der Waals surface area (Å²) in [5.74, 6) is -1.26. The molecule has 0 aliphatic rings. The van der Waals surface area contributed by atoms with E-state index in [1.807, 2.05) is 0 Å². The third-order valence-corrected chi connectivity index (χ3v) is 3.41. The van der Waals surface area contributed by atoms with Gasteiger partial charge in [-0.05, 0) is 42.5 Å². The molecule has 0 saturated carbocycles. The van der Waals surface area contributed by atoms with Crippen molar-refractivity contribution in [3.8, 4) is 0 Å². The fourth-order valence-corrected chi connectivity index (χ4v) is 2.14. The second-order valence-corrected chi connectivity index (χ2v) is 5.81. The van der Waals surface area contributed by atoms with Crippen LogP contribution in [-0.2, 0) is 14.3 Å². The summed E-state index contributed by atoms with van der Waals surface area (Å²) in [5, 5.41) is 5.21. The molecule has 2 aromatic rings. The summed E-state index contributed by atoms with van der Waals surface area (Å²) in [7, 11) is 0. The first-order valence-corrected chi connectivity index (χ1v) is 7.83. The topological polar surface area (TPSA) is 84.5 Å². The first kappa shape index (κ1) is 17.7. The number of hydrogen-bond acceptors (Lipinski definition) is 4. The standard InChI is InChI=1S/C17H15BrN2O4/c1-11(21)19-14-3-2-4-15(9-14)20-16(22)10-24-17(23)12-5-7-13(18)8-6-12/h2-9H,10H2,1H3,(H,19,21)(H,20,22). The number of anilines is 2. The minimum absolute atomic E-state index is 0.207. The van der Waals surface area contributed by atoms with Crippen LogP contribution in [0.1, 0.15) is 17.3 Å². The van der Waals surface area contributed by atoms with Crippen LogP contribution in [0.5, 0.6) is 0 Å². The lowest BCUT2D eigenvalue weighted by atomic mass is 10.2. The molecule has 0 unspecified atom stereocenters. The van der Waals surface area contributed by atoms with Crippen molar-refractivity contribution in [1.82, 2.24) is 0 Å². The number of rotatable bonds is 5. The van der Waals surface area contributed by atoms with E-state index in [0.29, 0.717) is 16.9 Å². The Hall–Kier alpha value is -2.67. The molecule has 7 heteroatoms. The Kier molecular flexibility index (Phi) is 6.08. The monoisotopic (exact) mass is 390 g/mol. The molecule has 0 aromatic heterocycles. The molecule has 0 heterocycles. The van der Waals surface area contributed by atoms with Gasteiger partial charge in [-0.15, -0.1) is 0 Å². The van der Waals surface area contributed by atoms with E-state index in [0.717, 1.165) is 4.47 Å². The van der Waals surface area contributed by atoms with Gasteiger partial charge in [0.05, 0.1) is 5.56 Å². The van der Waals surface area contributed by atoms with Gasteiger partial charge in [-0.2, -0.15) is 0 Å². The van der Waals surface area contributed by atoms with Crippen LogP contribution in [0.15, 0.2) is 53.0 Å². The third kappa shape index (κ3) is 5.51. The van der Waals surface area contributed by atoms with E-state index in [9.17, 15) is 14.4 Å². The van der Waals surface area contributed by atoms with Crippen molar-refractivity contribution in [3.63, 3.8) is 0 Å². The average Bonchev–Trinajstić information content (AvgIpc) is 2.53. The molecule has 24 heavy (non-hydrogen) atoms. The maximum Gasteiger partial charge on any atom is 0.338 e. The SMILES string of the molecule is CC(=O)Nc1cccc(NC(=O)COC(=O)c2ccc(Br)cc2)c1. The number of esters is 1. The van der Waals surface area contributed by atoms with Crippen molar-refractivity contribution in [2.24, 2.45) is 0 Å².